The summed E-state index contributed by atoms with van der Waals surface area (Å²) in [5.74, 6) is -0.808. The van der Waals surface area contributed by atoms with E-state index in [2.05, 4.69) is 9.97 Å². The Morgan fingerprint density at radius 2 is 1.93 bits per heavy atom. The first kappa shape index (κ1) is 18.2. The zero-order valence-corrected chi connectivity index (χ0v) is 16.3. The Labute approximate surface area is 168 Å². The van der Waals surface area contributed by atoms with E-state index in [9.17, 15) is 9.59 Å². The number of thioether (sulfide) groups is 1. The van der Waals surface area contributed by atoms with Gasteiger partial charge in [-0.2, -0.15) is 11.3 Å². The van der Waals surface area contributed by atoms with E-state index < -0.39 is 16.8 Å². The molecule has 136 valence electrons. The number of hydrogen-bond acceptors (Lipinski definition) is 7. The fourth-order valence-electron chi connectivity index (χ4n) is 3.00. The second kappa shape index (κ2) is 7.42. The number of benzene rings is 1. The lowest BCUT2D eigenvalue weighted by molar-refractivity contribution is -0.165. The Hall–Kier alpha value is -2.22. The van der Waals surface area contributed by atoms with Crippen LogP contribution >= 0.6 is 34.7 Å². The zero-order chi connectivity index (χ0) is 18.9. The highest BCUT2D eigenvalue weighted by molar-refractivity contribution is 8.01. The highest BCUT2D eigenvalue weighted by Crippen LogP contribution is 2.44. The van der Waals surface area contributed by atoms with Gasteiger partial charge in [-0.15, -0.1) is 11.8 Å². The first-order valence-corrected chi connectivity index (χ1v) is 10.2. The lowest BCUT2D eigenvalue weighted by atomic mass is 9.82. The predicted molar refractivity (Wildman–Crippen MR) is 104 cm³/mol. The third-order valence-corrected chi connectivity index (χ3v) is 6.73. The van der Waals surface area contributed by atoms with Crippen molar-refractivity contribution in [2.24, 2.45) is 0 Å². The molecule has 2 aromatic heterocycles. The summed E-state index contributed by atoms with van der Waals surface area (Å²) in [4.78, 5) is 34.6. The Kier molecular flexibility index (Phi) is 4.99. The molecule has 0 radical (unpaired) electrons. The van der Waals surface area contributed by atoms with Gasteiger partial charge in [0.2, 0.25) is 0 Å². The van der Waals surface area contributed by atoms with Crippen molar-refractivity contribution in [3.05, 3.63) is 76.0 Å². The molecule has 0 aliphatic carbocycles. The summed E-state index contributed by atoms with van der Waals surface area (Å²) in [7, 11) is 0. The van der Waals surface area contributed by atoms with Crippen LogP contribution in [0.5, 0.6) is 0 Å². The van der Waals surface area contributed by atoms with Crippen molar-refractivity contribution in [2.45, 2.75) is 22.2 Å². The van der Waals surface area contributed by atoms with Gasteiger partial charge in [0, 0.05) is 28.4 Å². The summed E-state index contributed by atoms with van der Waals surface area (Å²) in [5.41, 5.74) is 0.115. The Bertz CT molecular complexity index is 962. The molecule has 0 spiro atoms. The molecule has 1 aromatic carbocycles. The molecule has 1 saturated heterocycles. The van der Waals surface area contributed by atoms with Crippen LogP contribution in [0.2, 0.25) is 5.02 Å². The van der Waals surface area contributed by atoms with Gasteiger partial charge < -0.3 is 4.74 Å². The minimum atomic E-state index is -1.20. The average Bonchev–Trinajstić information content (AvgIpc) is 3.22. The number of aromatic nitrogens is 2. The molecule has 5 nitrogen and oxygen atoms in total. The van der Waals surface area contributed by atoms with Gasteiger partial charge in [0.15, 0.2) is 16.6 Å². The molecule has 0 bridgehead atoms. The predicted octanol–water partition coefficient (Wildman–Crippen LogP) is 4.11. The molecule has 0 amide bonds. The molecule has 1 fully saturated rings. The molecule has 0 saturated carbocycles. The first-order valence-electron chi connectivity index (χ1n) is 8.05. The number of esters is 1. The van der Waals surface area contributed by atoms with E-state index in [0.717, 1.165) is 17.3 Å². The van der Waals surface area contributed by atoms with Crippen LogP contribution in [0.15, 0.2) is 64.7 Å². The van der Waals surface area contributed by atoms with E-state index in [4.69, 9.17) is 16.3 Å². The molecule has 2 unspecified atom stereocenters. The Morgan fingerprint density at radius 1 is 1.15 bits per heavy atom. The standard InChI is InChI=1S/C19H13ClN2O3S2/c20-14-3-1-2-4-16(14)27-17-15(23)7-19(25-18(17)24,12-5-6-26-10-12)13-8-21-11-22-9-13/h1-6,8-11,17H,7H2. The second-order valence-corrected chi connectivity index (χ2v) is 8.29. The van der Waals surface area contributed by atoms with Crippen LogP contribution in [0.1, 0.15) is 17.5 Å². The van der Waals surface area contributed by atoms with Crippen molar-refractivity contribution in [3.8, 4) is 0 Å². The van der Waals surface area contributed by atoms with Gasteiger partial charge in [0.05, 0.1) is 11.4 Å². The molecule has 8 heteroatoms. The van der Waals surface area contributed by atoms with Crippen molar-refractivity contribution < 1.29 is 14.3 Å². The average molecular weight is 417 g/mol. The molecule has 4 rings (SSSR count). The summed E-state index contributed by atoms with van der Waals surface area (Å²) in [6.45, 7) is 0. The van der Waals surface area contributed by atoms with Crippen LogP contribution in [-0.4, -0.2) is 27.0 Å². The van der Waals surface area contributed by atoms with Crippen LogP contribution in [0, 0.1) is 0 Å². The number of carbonyl (C=O) groups excluding carboxylic acids is 2. The van der Waals surface area contributed by atoms with Crippen molar-refractivity contribution in [1.82, 2.24) is 9.97 Å². The van der Waals surface area contributed by atoms with E-state index in [1.54, 1.807) is 30.6 Å². The molecule has 3 aromatic rings. The fraction of sp³-hybridized carbons (Fsp3) is 0.158. The van der Waals surface area contributed by atoms with Gasteiger partial charge in [0.25, 0.3) is 0 Å². The number of carbonyl (C=O) groups is 2. The van der Waals surface area contributed by atoms with E-state index in [1.165, 1.54) is 17.7 Å². The lowest BCUT2D eigenvalue weighted by Gasteiger charge is -2.38. The van der Waals surface area contributed by atoms with Crippen molar-refractivity contribution in [2.75, 3.05) is 0 Å². The number of Topliss-reactive ketones (excluding diaryl/α,β-unsaturated/α-hetero) is 1. The molecular formula is C19H13ClN2O3S2. The summed E-state index contributed by atoms with van der Waals surface area (Å²) in [6.07, 6.45) is 4.57. The van der Waals surface area contributed by atoms with E-state index in [-0.39, 0.29) is 12.2 Å². The smallest absolute Gasteiger partial charge is 0.328 e. The maximum Gasteiger partial charge on any atom is 0.328 e. The largest absolute Gasteiger partial charge is 0.447 e. The van der Waals surface area contributed by atoms with E-state index in [1.807, 2.05) is 22.9 Å². The molecular weight excluding hydrogens is 404 g/mol. The molecule has 1 aliphatic heterocycles. The van der Waals surface area contributed by atoms with Gasteiger partial charge in [-0.05, 0) is 29.0 Å². The molecule has 0 N–H and O–H groups in total. The van der Waals surface area contributed by atoms with Crippen LogP contribution in [0.25, 0.3) is 0 Å². The van der Waals surface area contributed by atoms with Crippen molar-refractivity contribution >= 4 is 46.5 Å². The van der Waals surface area contributed by atoms with Gasteiger partial charge in [0.1, 0.15) is 6.33 Å². The number of ketones is 1. The maximum atomic E-state index is 13.0. The number of thiophene rings is 1. The van der Waals surface area contributed by atoms with Crippen LogP contribution in [0.3, 0.4) is 0 Å². The van der Waals surface area contributed by atoms with Crippen LogP contribution in [-0.2, 0) is 19.9 Å². The number of cyclic esters (lactones) is 1. The van der Waals surface area contributed by atoms with Crippen LogP contribution in [0.4, 0.5) is 0 Å². The van der Waals surface area contributed by atoms with Crippen molar-refractivity contribution in [3.63, 3.8) is 0 Å². The van der Waals surface area contributed by atoms with Crippen LogP contribution < -0.4 is 0 Å². The Balaban J connectivity index is 1.69. The number of nitrogens with zero attached hydrogens (tertiary/aromatic N) is 2. The summed E-state index contributed by atoms with van der Waals surface area (Å²) >= 11 is 8.76. The third kappa shape index (κ3) is 3.38. The quantitative estimate of drug-likeness (QED) is 0.471. The van der Waals surface area contributed by atoms with Crippen molar-refractivity contribution in [1.29, 1.82) is 0 Å². The highest BCUT2D eigenvalue weighted by Gasteiger charge is 2.50. The van der Waals surface area contributed by atoms with Gasteiger partial charge >= 0.3 is 5.97 Å². The molecule has 2 atom stereocenters. The van der Waals surface area contributed by atoms with E-state index >= 15 is 0 Å². The number of hydrogen-bond donors (Lipinski definition) is 0. The fourth-order valence-corrected chi connectivity index (χ4v) is 4.94. The first-order chi connectivity index (χ1) is 13.1. The Morgan fingerprint density at radius 3 is 2.59 bits per heavy atom. The third-order valence-electron chi connectivity index (χ3n) is 4.30. The molecule has 3 heterocycles. The molecule has 27 heavy (non-hydrogen) atoms. The topological polar surface area (TPSA) is 69.2 Å². The highest BCUT2D eigenvalue weighted by atomic mass is 35.5. The number of halogens is 1. The normalized spacial score (nSPS) is 22.5. The molecule has 1 aliphatic rings. The minimum absolute atomic E-state index is 0.0188. The van der Waals surface area contributed by atoms with Gasteiger partial charge in [-0.1, -0.05) is 23.7 Å². The SMILES string of the molecule is O=C1CC(c2cncnc2)(c2ccsc2)OC(=O)C1Sc1ccccc1Cl. The zero-order valence-electron chi connectivity index (χ0n) is 13.9. The van der Waals surface area contributed by atoms with Gasteiger partial charge in [-0.25, -0.2) is 9.97 Å². The minimum Gasteiger partial charge on any atom is -0.447 e. The number of rotatable bonds is 4. The van der Waals surface area contributed by atoms with Gasteiger partial charge in [-0.3, -0.25) is 9.59 Å². The summed E-state index contributed by atoms with van der Waals surface area (Å²) < 4.78 is 5.90. The lowest BCUT2D eigenvalue weighted by Crippen LogP contribution is -2.47. The monoisotopic (exact) mass is 416 g/mol. The second-order valence-electron chi connectivity index (χ2n) is 5.96. The summed E-state index contributed by atoms with van der Waals surface area (Å²) in [6, 6.07) is 8.95. The summed E-state index contributed by atoms with van der Waals surface area (Å²) in [5, 5.41) is 3.29. The van der Waals surface area contributed by atoms with E-state index in [0.29, 0.717) is 15.5 Å². The maximum absolute atomic E-state index is 13.0. The number of ether oxygens (including phenoxy) is 1.